The molecule has 0 aliphatic carbocycles. The van der Waals surface area contributed by atoms with Crippen molar-refractivity contribution in [3.05, 3.63) is 64.5 Å². The Morgan fingerprint density at radius 3 is 2.65 bits per heavy atom. The van der Waals surface area contributed by atoms with E-state index in [2.05, 4.69) is 10.3 Å². The molecule has 0 aliphatic rings. The Hall–Kier alpha value is -1.84. The number of pyridine rings is 1. The number of hydrogen-bond acceptors (Lipinski definition) is 2. The minimum absolute atomic E-state index is 0.0754. The van der Waals surface area contributed by atoms with Crippen molar-refractivity contribution in [3.63, 3.8) is 0 Å². The molecule has 2 nitrogen and oxygen atoms in total. The summed E-state index contributed by atoms with van der Waals surface area (Å²) in [5, 5.41) is 4.74. The van der Waals surface area contributed by atoms with Crippen LogP contribution < -0.4 is 5.32 Å². The third kappa shape index (κ3) is 2.42. The molecule has 0 radical (unpaired) electrons. The van der Waals surface area contributed by atoms with Gasteiger partial charge < -0.3 is 5.32 Å². The summed E-state index contributed by atoms with van der Waals surface area (Å²) in [6.45, 7) is 0. The third-order valence-electron chi connectivity index (χ3n) is 2.92. The number of fused-ring (bicyclic) bond motifs is 1. The molecule has 0 bridgehead atoms. The lowest BCUT2D eigenvalue weighted by molar-refractivity contribution is 0.628. The molecular formula is C15H9Cl2FN2. The highest BCUT2D eigenvalue weighted by Gasteiger charge is 2.06. The molecule has 1 N–H and O–H groups in total. The second-order valence-corrected chi connectivity index (χ2v) is 5.06. The van der Waals surface area contributed by atoms with Crippen LogP contribution in [0.2, 0.25) is 10.0 Å². The first kappa shape index (κ1) is 13.2. The first-order chi connectivity index (χ1) is 9.65. The van der Waals surface area contributed by atoms with Crippen molar-refractivity contribution in [2.45, 2.75) is 0 Å². The molecule has 0 fully saturated rings. The van der Waals surface area contributed by atoms with E-state index >= 15 is 0 Å². The van der Waals surface area contributed by atoms with Crippen LogP contribution in [0.1, 0.15) is 0 Å². The third-order valence-corrected chi connectivity index (χ3v) is 3.52. The van der Waals surface area contributed by atoms with Crippen LogP contribution in [-0.2, 0) is 0 Å². The highest BCUT2D eigenvalue weighted by Crippen LogP contribution is 2.30. The van der Waals surface area contributed by atoms with Crippen LogP contribution in [0.4, 0.5) is 15.8 Å². The van der Waals surface area contributed by atoms with Gasteiger partial charge in [-0.2, -0.15) is 0 Å². The number of halogens is 3. The topological polar surface area (TPSA) is 24.9 Å². The first-order valence-corrected chi connectivity index (χ1v) is 6.66. The largest absolute Gasteiger partial charge is 0.355 e. The predicted octanol–water partition coefficient (Wildman–Crippen LogP) is 5.42. The summed E-state index contributed by atoms with van der Waals surface area (Å²) in [6.07, 6.45) is 1.67. The van der Waals surface area contributed by atoms with E-state index in [0.717, 1.165) is 11.1 Å². The van der Waals surface area contributed by atoms with Crippen molar-refractivity contribution >= 4 is 45.5 Å². The van der Waals surface area contributed by atoms with Crippen molar-refractivity contribution in [1.82, 2.24) is 4.98 Å². The maximum Gasteiger partial charge on any atom is 0.141 e. The highest BCUT2D eigenvalue weighted by molar-refractivity contribution is 6.35. The monoisotopic (exact) mass is 306 g/mol. The van der Waals surface area contributed by atoms with E-state index in [1.807, 2.05) is 18.2 Å². The minimum atomic E-state index is -0.445. The van der Waals surface area contributed by atoms with Gasteiger partial charge in [0, 0.05) is 23.0 Å². The van der Waals surface area contributed by atoms with Gasteiger partial charge in [0.25, 0.3) is 0 Å². The van der Waals surface area contributed by atoms with Crippen molar-refractivity contribution in [2.24, 2.45) is 0 Å². The molecule has 0 aliphatic heterocycles. The molecule has 3 aromatic rings. The molecule has 0 unspecified atom stereocenters. The van der Waals surface area contributed by atoms with Gasteiger partial charge in [-0.3, -0.25) is 4.98 Å². The summed E-state index contributed by atoms with van der Waals surface area (Å²) < 4.78 is 13.2. The van der Waals surface area contributed by atoms with Crippen molar-refractivity contribution in [1.29, 1.82) is 0 Å². The van der Waals surface area contributed by atoms with Crippen LogP contribution >= 0.6 is 23.2 Å². The fourth-order valence-corrected chi connectivity index (χ4v) is 2.38. The van der Waals surface area contributed by atoms with Gasteiger partial charge in [0.1, 0.15) is 5.82 Å². The maximum atomic E-state index is 13.2. The zero-order chi connectivity index (χ0) is 14.1. The second-order valence-electron chi connectivity index (χ2n) is 4.25. The maximum absolute atomic E-state index is 13.2. The normalized spacial score (nSPS) is 10.8. The molecule has 0 amide bonds. The van der Waals surface area contributed by atoms with E-state index in [1.165, 1.54) is 12.1 Å². The number of benzene rings is 2. The molecule has 100 valence electrons. The molecule has 0 saturated heterocycles. The number of nitrogens with zero attached hydrogens (tertiary/aromatic N) is 1. The van der Waals surface area contributed by atoms with Crippen LogP contribution in [0.25, 0.3) is 10.9 Å². The van der Waals surface area contributed by atoms with Crippen molar-refractivity contribution in [2.75, 3.05) is 5.32 Å². The number of para-hydroxylation sites is 1. The van der Waals surface area contributed by atoms with Gasteiger partial charge in [0.2, 0.25) is 0 Å². The van der Waals surface area contributed by atoms with E-state index in [4.69, 9.17) is 23.2 Å². The van der Waals surface area contributed by atoms with E-state index in [0.29, 0.717) is 16.2 Å². The van der Waals surface area contributed by atoms with E-state index in [-0.39, 0.29) is 5.02 Å². The molecule has 1 aromatic heterocycles. The summed E-state index contributed by atoms with van der Waals surface area (Å²) in [4.78, 5) is 4.26. The van der Waals surface area contributed by atoms with Gasteiger partial charge >= 0.3 is 0 Å². The Labute approximate surface area is 125 Å². The number of rotatable bonds is 2. The quantitative estimate of drug-likeness (QED) is 0.683. The molecular weight excluding hydrogens is 298 g/mol. The Kier molecular flexibility index (Phi) is 3.47. The minimum Gasteiger partial charge on any atom is -0.355 e. The number of anilines is 2. The number of hydrogen-bond donors (Lipinski definition) is 1. The van der Waals surface area contributed by atoms with E-state index in [1.54, 1.807) is 18.3 Å². The number of aromatic nitrogens is 1. The van der Waals surface area contributed by atoms with Crippen LogP contribution in [0, 0.1) is 5.82 Å². The highest BCUT2D eigenvalue weighted by atomic mass is 35.5. The van der Waals surface area contributed by atoms with Gasteiger partial charge in [-0.25, -0.2) is 4.39 Å². The molecule has 3 rings (SSSR count). The van der Waals surface area contributed by atoms with Crippen LogP contribution in [0.15, 0.2) is 48.7 Å². The van der Waals surface area contributed by atoms with Crippen molar-refractivity contribution < 1.29 is 4.39 Å². The van der Waals surface area contributed by atoms with Crippen LogP contribution in [-0.4, -0.2) is 4.98 Å². The van der Waals surface area contributed by atoms with Gasteiger partial charge in [-0.05, 0) is 30.3 Å². The smallest absolute Gasteiger partial charge is 0.141 e. The van der Waals surface area contributed by atoms with Crippen molar-refractivity contribution in [3.8, 4) is 0 Å². The Morgan fingerprint density at radius 2 is 1.85 bits per heavy atom. The van der Waals surface area contributed by atoms with Crippen LogP contribution in [0.3, 0.4) is 0 Å². The zero-order valence-corrected chi connectivity index (χ0v) is 11.7. The summed E-state index contributed by atoms with van der Waals surface area (Å²) in [6, 6.07) is 11.9. The lowest BCUT2D eigenvalue weighted by Gasteiger charge is -2.10. The van der Waals surface area contributed by atoms with Gasteiger partial charge in [0.15, 0.2) is 0 Å². The summed E-state index contributed by atoms with van der Waals surface area (Å²) in [7, 11) is 0. The second kappa shape index (κ2) is 5.27. The molecule has 2 aromatic carbocycles. The number of nitrogens with one attached hydrogen (secondary N) is 1. The molecule has 0 spiro atoms. The summed E-state index contributed by atoms with van der Waals surface area (Å²) >= 11 is 11.9. The molecule has 5 heteroatoms. The first-order valence-electron chi connectivity index (χ1n) is 5.90. The Morgan fingerprint density at radius 1 is 1.00 bits per heavy atom. The van der Waals surface area contributed by atoms with Gasteiger partial charge in [-0.15, -0.1) is 0 Å². The fraction of sp³-hybridized carbons (Fsp3) is 0. The molecule has 0 saturated carbocycles. The summed E-state index contributed by atoms with van der Waals surface area (Å²) in [5.41, 5.74) is 2.25. The lowest BCUT2D eigenvalue weighted by atomic mass is 10.2. The summed E-state index contributed by atoms with van der Waals surface area (Å²) in [5.74, 6) is -0.445. The molecule has 1 heterocycles. The molecule has 0 atom stereocenters. The average Bonchev–Trinajstić information content (AvgIpc) is 2.44. The lowest BCUT2D eigenvalue weighted by Crippen LogP contribution is -1.93. The van der Waals surface area contributed by atoms with Crippen LogP contribution in [0.5, 0.6) is 0 Å². The standard InChI is InChI=1S/C15H9Cl2FN2/c16-11-3-1-2-10-14(6-7-19-15(10)11)20-9-4-5-13(18)12(17)8-9/h1-8H,(H,19,20). The Balaban J connectivity index is 2.06. The fourth-order valence-electron chi connectivity index (χ4n) is 1.98. The van der Waals surface area contributed by atoms with E-state index < -0.39 is 5.82 Å². The SMILES string of the molecule is Fc1ccc(Nc2ccnc3c(Cl)cccc23)cc1Cl. The Bertz CT molecular complexity index is 790. The van der Waals surface area contributed by atoms with Gasteiger partial charge in [0.05, 0.1) is 15.6 Å². The van der Waals surface area contributed by atoms with E-state index in [9.17, 15) is 4.39 Å². The zero-order valence-electron chi connectivity index (χ0n) is 10.2. The van der Waals surface area contributed by atoms with Gasteiger partial charge in [-0.1, -0.05) is 35.3 Å². The predicted molar refractivity (Wildman–Crippen MR) is 81.4 cm³/mol. The molecule has 20 heavy (non-hydrogen) atoms. The average molecular weight is 307 g/mol.